The summed E-state index contributed by atoms with van der Waals surface area (Å²) in [5, 5.41) is 9.68. The number of nitrogens with one attached hydrogen (secondary N) is 2. The van der Waals surface area contributed by atoms with Gasteiger partial charge in [-0.25, -0.2) is 4.98 Å². The summed E-state index contributed by atoms with van der Waals surface area (Å²) in [5.74, 6) is 1.18. The van der Waals surface area contributed by atoms with Gasteiger partial charge in [0, 0.05) is 20.0 Å². The first-order valence-corrected chi connectivity index (χ1v) is 6.65. The summed E-state index contributed by atoms with van der Waals surface area (Å²) in [7, 11) is 3.87. The highest BCUT2D eigenvalue weighted by Crippen LogP contribution is 2.37. The fourth-order valence-electron chi connectivity index (χ4n) is 2.06. The highest BCUT2D eigenvalue weighted by molar-refractivity contribution is 6.03. The van der Waals surface area contributed by atoms with Gasteiger partial charge in [0.15, 0.2) is 0 Å². The van der Waals surface area contributed by atoms with Crippen LogP contribution in [0.4, 0.5) is 11.4 Å². The van der Waals surface area contributed by atoms with Crippen LogP contribution < -0.4 is 10.2 Å². The number of hydrogen-bond donors (Lipinski definition) is 2. The Bertz CT molecular complexity index is 630. The van der Waals surface area contributed by atoms with Crippen molar-refractivity contribution in [3.8, 4) is 0 Å². The Hall–Kier alpha value is -2.37. The third kappa shape index (κ3) is 2.49. The van der Waals surface area contributed by atoms with E-state index in [2.05, 4.69) is 20.5 Å². The zero-order valence-corrected chi connectivity index (χ0v) is 11.6. The van der Waals surface area contributed by atoms with Gasteiger partial charge in [0.05, 0.1) is 11.4 Å². The molecule has 2 aromatic rings. The highest BCUT2D eigenvalue weighted by atomic mass is 16.2. The van der Waals surface area contributed by atoms with Gasteiger partial charge < -0.3 is 10.2 Å². The molecule has 0 saturated heterocycles. The fraction of sp³-hybridized carbons (Fsp3) is 0.357. The summed E-state index contributed by atoms with van der Waals surface area (Å²) in [5.41, 5.74) is 1.69. The first-order valence-electron chi connectivity index (χ1n) is 6.65. The predicted molar refractivity (Wildman–Crippen MR) is 77.1 cm³/mol. The van der Waals surface area contributed by atoms with Gasteiger partial charge in [0.25, 0.3) is 5.91 Å². The number of aromatic amines is 1. The second-order valence-corrected chi connectivity index (χ2v) is 5.18. The maximum absolute atomic E-state index is 12.2. The number of nitrogens with zero attached hydrogens (tertiary/aromatic N) is 3. The maximum Gasteiger partial charge on any atom is 0.295 e. The molecule has 1 aromatic heterocycles. The topological polar surface area (TPSA) is 73.9 Å². The molecule has 6 nitrogen and oxygen atoms in total. The molecule has 0 atom stereocenters. The van der Waals surface area contributed by atoms with Gasteiger partial charge in [-0.05, 0) is 25.0 Å². The van der Waals surface area contributed by atoms with E-state index in [1.807, 2.05) is 43.3 Å². The van der Waals surface area contributed by atoms with Crippen LogP contribution in [0.25, 0.3) is 0 Å². The van der Waals surface area contributed by atoms with Crippen LogP contribution in [0.2, 0.25) is 0 Å². The summed E-state index contributed by atoms with van der Waals surface area (Å²) in [6.07, 6.45) is 2.25. The van der Waals surface area contributed by atoms with Crippen LogP contribution in [-0.2, 0) is 0 Å². The molecular weight excluding hydrogens is 254 g/mol. The summed E-state index contributed by atoms with van der Waals surface area (Å²) in [6, 6.07) is 7.63. The molecule has 3 rings (SSSR count). The minimum atomic E-state index is -0.289. The summed E-state index contributed by atoms with van der Waals surface area (Å²) in [4.78, 5) is 18.4. The Morgan fingerprint density at radius 3 is 2.80 bits per heavy atom. The summed E-state index contributed by atoms with van der Waals surface area (Å²) in [6.45, 7) is 0. The molecule has 1 amide bonds. The molecule has 20 heavy (non-hydrogen) atoms. The molecule has 0 radical (unpaired) electrons. The van der Waals surface area contributed by atoms with Crippen LogP contribution in [0.5, 0.6) is 0 Å². The zero-order chi connectivity index (χ0) is 14.1. The minimum absolute atomic E-state index is 0.195. The molecule has 1 aromatic carbocycles. The normalized spacial score (nSPS) is 14.1. The average molecular weight is 271 g/mol. The molecule has 6 heteroatoms. The van der Waals surface area contributed by atoms with Gasteiger partial charge in [-0.1, -0.05) is 12.1 Å². The van der Waals surface area contributed by atoms with Gasteiger partial charge in [0.2, 0.25) is 5.82 Å². The van der Waals surface area contributed by atoms with Crippen molar-refractivity contribution < 1.29 is 4.79 Å². The number of carbonyl (C=O) groups excluding carboxylic acids is 1. The smallest absolute Gasteiger partial charge is 0.295 e. The van der Waals surface area contributed by atoms with E-state index in [1.54, 1.807) is 0 Å². The van der Waals surface area contributed by atoms with E-state index >= 15 is 0 Å². The minimum Gasteiger partial charge on any atom is -0.376 e. The number of H-pyrrole nitrogens is 1. The average Bonchev–Trinajstić information content (AvgIpc) is 3.16. The largest absolute Gasteiger partial charge is 0.376 e. The standard InChI is InChI=1S/C14H17N5O/c1-19(2)11-6-4-3-5-10(11)15-14(20)13-16-12(17-18-13)9-7-8-9/h3-6,9H,7-8H2,1-2H3,(H,15,20)(H,16,17,18). The quantitative estimate of drug-likeness (QED) is 0.892. The van der Waals surface area contributed by atoms with Crippen molar-refractivity contribution in [1.29, 1.82) is 0 Å². The van der Waals surface area contributed by atoms with Gasteiger partial charge in [0.1, 0.15) is 5.82 Å². The van der Waals surface area contributed by atoms with E-state index in [0.29, 0.717) is 5.92 Å². The first-order chi connectivity index (χ1) is 9.65. The maximum atomic E-state index is 12.2. The van der Waals surface area contributed by atoms with E-state index in [9.17, 15) is 4.79 Å². The lowest BCUT2D eigenvalue weighted by molar-refractivity contribution is 0.101. The number of para-hydroxylation sites is 2. The van der Waals surface area contributed by atoms with Crippen molar-refractivity contribution in [2.45, 2.75) is 18.8 Å². The van der Waals surface area contributed by atoms with Gasteiger partial charge in [-0.15, -0.1) is 5.10 Å². The Morgan fingerprint density at radius 1 is 1.35 bits per heavy atom. The van der Waals surface area contributed by atoms with Gasteiger partial charge in [-0.3, -0.25) is 9.89 Å². The molecule has 0 unspecified atom stereocenters. The third-order valence-corrected chi connectivity index (χ3v) is 3.30. The van der Waals surface area contributed by atoms with Gasteiger partial charge >= 0.3 is 0 Å². The van der Waals surface area contributed by atoms with Crippen LogP contribution in [0.15, 0.2) is 24.3 Å². The summed E-state index contributed by atoms with van der Waals surface area (Å²) < 4.78 is 0. The molecular formula is C14H17N5O. The van der Waals surface area contributed by atoms with E-state index in [0.717, 1.165) is 30.0 Å². The van der Waals surface area contributed by atoms with Crippen molar-refractivity contribution >= 4 is 17.3 Å². The molecule has 1 saturated carbocycles. The van der Waals surface area contributed by atoms with Crippen molar-refractivity contribution in [3.05, 3.63) is 35.9 Å². The first kappa shape index (κ1) is 12.7. The van der Waals surface area contributed by atoms with Crippen LogP contribution in [0.1, 0.15) is 35.2 Å². The molecule has 2 N–H and O–H groups in total. The number of anilines is 2. The highest BCUT2D eigenvalue weighted by Gasteiger charge is 2.28. The van der Waals surface area contributed by atoms with Crippen molar-refractivity contribution in [2.75, 3.05) is 24.3 Å². The van der Waals surface area contributed by atoms with Crippen molar-refractivity contribution in [1.82, 2.24) is 15.2 Å². The van der Waals surface area contributed by atoms with Crippen LogP contribution in [-0.4, -0.2) is 35.2 Å². The second kappa shape index (κ2) is 4.96. The number of carbonyl (C=O) groups is 1. The van der Waals surface area contributed by atoms with Crippen LogP contribution in [0.3, 0.4) is 0 Å². The number of rotatable bonds is 4. The lowest BCUT2D eigenvalue weighted by atomic mass is 10.2. The number of amides is 1. The molecule has 1 aliphatic rings. The SMILES string of the molecule is CN(C)c1ccccc1NC(=O)c1n[nH]c(C2CC2)n1. The molecule has 1 heterocycles. The Balaban J connectivity index is 1.78. The molecule has 0 bridgehead atoms. The van der Waals surface area contributed by atoms with E-state index in [4.69, 9.17) is 0 Å². The fourth-order valence-corrected chi connectivity index (χ4v) is 2.06. The van der Waals surface area contributed by atoms with Crippen LogP contribution in [0, 0.1) is 0 Å². The van der Waals surface area contributed by atoms with Crippen LogP contribution >= 0.6 is 0 Å². The lowest BCUT2D eigenvalue weighted by Gasteiger charge is -2.17. The zero-order valence-electron chi connectivity index (χ0n) is 11.6. The Labute approximate surface area is 117 Å². The third-order valence-electron chi connectivity index (χ3n) is 3.30. The van der Waals surface area contributed by atoms with E-state index in [1.165, 1.54) is 0 Å². The number of aromatic nitrogens is 3. The summed E-state index contributed by atoms with van der Waals surface area (Å²) >= 11 is 0. The number of benzene rings is 1. The van der Waals surface area contributed by atoms with Crippen molar-refractivity contribution in [2.24, 2.45) is 0 Å². The molecule has 0 spiro atoms. The molecule has 104 valence electrons. The van der Waals surface area contributed by atoms with Crippen molar-refractivity contribution in [3.63, 3.8) is 0 Å². The predicted octanol–water partition coefficient (Wildman–Crippen LogP) is 2.00. The van der Waals surface area contributed by atoms with E-state index < -0.39 is 0 Å². The molecule has 1 fully saturated rings. The monoisotopic (exact) mass is 271 g/mol. The molecule has 0 aliphatic heterocycles. The number of hydrogen-bond acceptors (Lipinski definition) is 4. The lowest BCUT2D eigenvalue weighted by Crippen LogP contribution is -2.17. The Kier molecular flexibility index (Phi) is 3.14. The molecule has 1 aliphatic carbocycles. The van der Waals surface area contributed by atoms with E-state index in [-0.39, 0.29) is 11.7 Å². The van der Waals surface area contributed by atoms with Gasteiger partial charge in [-0.2, -0.15) is 0 Å². The second-order valence-electron chi connectivity index (χ2n) is 5.18. The Morgan fingerprint density at radius 2 is 2.10 bits per heavy atom.